The van der Waals surface area contributed by atoms with Gasteiger partial charge in [0.1, 0.15) is 0 Å². The predicted molar refractivity (Wildman–Crippen MR) is 61.8 cm³/mol. The third-order valence-electron chi connectivity index (χ3n) is 2.28. The van der Waals surface area contributed by atoms with Gasteiger partial charge < -0.3 is 15.0 Å². The molecule has 0 aliphatic carbocycles. The highest BCUT2D eigenvalue weighted by Gasteiger charge is 2.00. The summed E-state index contributed by atoms with van der Waals surface area (Å²) in [5, 5.41) is 3.34. The highest BCUT2D eigenvalue weighted by Crippen LogP contribution is 1.91. The minimum absolute atomic E-state index is 0.828. The van der Waals surface area contributed by atoms with Crippen LogP contribution in [0.1, 0.15) is 27.2 Å². The molecule has 0 saturated carbocycles. The molecule has 0 aromatic carbocycles. The van der Waals surface area contributed by atoms with Gasteiger partial charge in [-0.25, -0.2) is 0 Å². The number of hydrogen-bond acceptors (Lipinski definition) is 3. The van der Waals surface area contributed by atoms with E-state index in [0.717, 1.165) is 39.4 Å². The van der Waals surface area contributed by atoms with Gasteiger partial charge in [0.2, 0.25) is 0 Å². The van der Waals surface area contributed by atoms with Gasteiger partial charge in [-0.1, -0.05) is 13.8 Å². The fourth-order valence-electron chi connectivity index (χ4n) is 1.37. The Morgan fingerprint density at radius 1 is 1.14 bits per heavy atom. The maximum atomic E-state index is 5.34. The molecule has 0 aliphatic rings. The van der Waals surface area contributed by atoms with Crippen LogP contribution in [0.3, 0.4) is 0 Å². The average molecular weight is 202 g/mol. The Labute approximate surface area is 88.8 Å². The Morgan fingerprint density at radius 3 is 2.50 bits per heavy atom. The summed E-state index contributed by atoms with van der Waals surface area (Å²) < 4.78 is 5.34. The quantitative estimate of drug-likeness (QED) is 0.541. The lowest BCUT2D eigenvalue weighted by molar-refractivity contribution is 0.115. The summed E-state index contributed by atoms with van der Waals surface area (Å²) in [4.78, 5) is 2.44. The fraction of sp³-hybridized carbons (Fsp3) is 1.00. The van der Waals surface area contributed by atoms with Gasteiger partial charge in [-0.05, 0) is 39.5 Å². The standard InChI is InChI=1S/C11H26N2O/c1-4-12-8-7-9-13(5-2)10-11-14-6-3/h12H,4-11H2,1-3H3. The molecule has 0 atom stereocenters. The van der Waals surface area contributed by atoms with Crippen molar-refractivity contribution in [2.75, 3.05) is 45.9 Å². The first-order valence-electron chi connectivity index (χ1n) is 5.85. The van der Waals surface area contributed by atoms with Crippen molar-refractivity contribution in [2.45, 2.75) is 27.2 Å². The lowest BCUT2D eigenvalue weighted by Crippen LogP contribution is -2.30. The van der Waals surface area contributed by atoms with Crippen LogP contribution in [0.2, 0.25) is 0 Å². The van der Waals surface area contributed by atoms with Crippen LogP contribution in [-0.2, 0) is 4.74 Å². The summed E-state index contributed by atoms with van der Waals surface area (Å²) in [5.41, 5.74) is 0. The van der Waals surface area contributed by atoms with E-state index in [0.29, 0.717) is 0 Å². The Kier molecular flexibility index (Phi) is 10.9. The van der Waals surface area contributed by atoms with Crippen molar-refractivity contribution < 1.29 is 4.74 Å². The van der Waals surface area contributed by atoms with Crippen LogP contribution >= 0.6 is 0 Å². The number of likely N-dealkylation sites (N-methyl/N-ethyl adjacent to an activating group) is 1. The van der Waals surface area contributed by atoms with E-state index in [1.54, 1.807) is 0 Å². The molecule has 0 saturated heterocycles. The van der Waals surface area contributed by atoms with Crippen LogP contribution in [-0.4, -0.2) is 50.8 Å². The molecular formula is C11H26N2O. The van der Waals surface area contributed by atoms with Crippen molar-refractivity contribution in [1.82, 2.24) is 10.2 Å². The van der Waals surface area contributed by atoms with E-state index < -0.39 is 0 Å². The Hall–Kier alpha value is -0.120. The molecule has 1 N–H and O–H groups in total. The molecular weight excluding hydrogens is 176 g/mol. The lowest BCUT2D eigenvalue weighted by Gasteiger charge is -2.19. The molecule has 0 aromatic heterocycles. The summed E-state index contributed by atoms with van der Waals surface area (Å²) in [6.07, 6.45) is 1.23. The normalized spacial score (nSPS) is 11.1. The van der Waals surface area contributed by atoms with E-state index in [2.05, 4.69) is 24.1 Å². The molecule has 0 spiro atoms. The van der Waals surface area contributed by atoms with Gasteiger partial charge in [0.05, 0.1) is 6.61 Å². The van der Waals surface area contributed by atoms with E-state index in [1.807, 2.05) is 6.92 Å². The zero-order valence-corrected chi connectivity index (χ0v) is 10.0. The highest BCUT2D eigenvalue weighted by atomic mass is 16.5. The summed E-state index contributed by atoms with van der Waals surface area (Å²) >= 11 is 0. The molecule has 0 rings (SSSR count). The second-order valence-electron chi connectivity index (χ2n) is 3.34. The third-order valence-corrected chi connectivity index (χ3v) is 2.28. The van der Waals surface area contributed by atoms with Crippen molar-refractivity contribution >= 4 is 0 Å². The molecule has 14 heavy (non-hydrogen) atoms. The van der Waals surface area contributed by atoms with Crippen molar-refractivity contribution in [3.05, 3.63) is 0 Å². The molecule has 0 bridgehead atoms. The zero-order chi connectivity index (χ0) is 10.6. The van der Waals surface area contributed by atoms with E-state index >= 15 is 0 Å². The number of nitrogens with one attached hydrogen (secondary N) is 1. The van der Waals surface area contributed by atoms with Gasteiger partial charge in [-0.15, -0.1) is 0 Å². The smallest absolute Gasteiger partial charge is 0.0593 e. The number of ether oxygens (including phenoxy) is 1. The van der Waals surface area contributed by atoms with E-state index in [9.17, 15) is 0 Å². The van der Waals surface area contributed by atoms with E-state index in [4.69, 9.17) is 4.74 Å². The molecule has 0 amide bonds. The number of rotatable bonds is 10. The van der Waals surface area contributed by atoms with Crippen molar-refractivity contribution in [1.29, 1.82) is 0 Å². The van der Waals surface area contributed by atoms with Gasteiger partial charge in [0, 0.05) is 13.2 Å². The maximum absolute atomic E-state index is 5.34. The van der Waals surface area contributed by atoms with Crippen LogP contribution in [0, 0.1) is 0 Å². The molecule has 0 unspecified atom stereocenters. The fourth-order valence-corrected chi connectivity index (χ4v) is 1.37. The Bertz CT molecular complexity index is 109. The average Bonchev–Trinajstić information content (AvgIpc) is 2.22. The van der Waals surface area contributed by atoms with Gasteiger partial charge >= 0.3 is 0 Å². The predicted octanol–water partition coefficient (Wildman–Crippen LogP) is 1.34. The van der Waals surface area contributed by atoms with Gasteiger partial charge in [-0.2, -0.15) is 0 Å². The first-order chi connectivity index (χ1) is 6.85. The maximum Gasteiger partial charge on any atom is 0.0593 e. The Balaban J connectivity index is 3.28. The van der Waals surface area contributed by atoms with E-state index in [1.165, 1.54) is 13.0 Å². The molecule has 3 heteroatoms. The second-order valence-corrected chi connectivity index (χ2v) is 3.34. The SMILES string of the molecule is CCNCCCN(CC)CCOCC. The second kappa shape index (κ2) is 11.0. The largest absolute Gasteiger partial charge is 0.380 e. The molecule has 0 fully saturated rings. The molecule has 0 radical (unpaired) electrons. The zero-order valence-electron chi connectivity index (χ0n) is 10.0. The van der Waals surface area contributed by atoms with Crippen LogP contribution in [0.4, 0.5) is 0 Å². The summed E-state index contributed by atoms with van der Waals surface area (Å²) in [5.74, 6) is 0. The van der Waals surface area contributed by atoms with Crippen LogP contribution < -0.4 is 5.32 Å². The molecule has 0 heterocycles. The van der Waals surface area contributed by atoms with Crippen molar-refractivity contribution in [3.8, 4) is 0 Å². The van der Waals surface area contributed by atoms with Crippen molar-refractivity contribution in [2.24, 2.45) is 0 Å². The topological polar surface area (TPSA) is 24.5 Å². The molecule has 0 aliphatic heterocycles. The van der Waals surface area contributed by atoms with Gasteiger partial charge in [0.25, 0.3) is 0 Å². The Morgan fingerprint density at radius 2 is 1.93 bits per heavy atom. The van der Waals surface area contributed by atoms with Gasteiger partial charge in [0.15, 0.2) is 0 Å². The first-order valence-corrected chi connectivity index (χ1v) is 5.85. The van der Waals surface area contributed by atoms with Gasteiger partial charge in [-0.3, -0.25) is 0 Å². The minimum Gasteiger partial charge on any atom is -0.380 e. The van der Waals surface area contributed by atoms with Crippen LogP contribution in [0.15, 0.2) is 0 Å². The van der Waals surface area contributed by atoms with Crippen LogP contribution in [0.25, 0.3) is 0 Å². The van der Waals surface area contributed by atoms with Crippen LogP contribution in [0.5, 0.6) is 0 Å². The summed E-state index contributed by atoms with van der Waals surface area (Å²) in [6.45, 7) is 13.7. The summed E-state index contributed by atoms with van der Waals surface area (Å²) in [7, 11) is 0. The number of hydrogen-bond donors (Lipinski definition) is 1. The molecule has 3 nitrogen and oxygen atoms in total. The lowest BCUT2D eigenvalue weighted by atomic mass is 10.3. The monoisotopic (exact) mass is 202 g/mol. The highest BCUT2D eigenvalue weighted by molar-refractivity contribution is 4.56. The summed E-state index contributed by atoms with van der Waals surface area (Å²) in [6, 6.07) is 0. The van der Waals surface area contributed by atoms with Crippen molar-refractivity contribution in [3.63, 3.8) is 0 Å². The third kappa shape index (κ3) is 8.48. The minimum atomic E-state index is 0.828. The number of nitrogens with zero attached hydrogens (tertiary/aromatic N) is 1. The molecule has 0 aromatic rings. The first kappa shape index (κ1) is 13.9. The molecule has 86 valence electrons. The van der Waals surface area contributed by atoms with E-state index in [-0.39, 0.29) is 0 Å².